The lowest BCUT2D eigenvalue weighted by Crippen LogP contribution is -2.15. The molecule has 3 heteroatoms. The first-order valence-corrected chi connectivity index (χ1v) is 4.05. The number of aromatic hydroxyl groups is 1. The first kappa shape index (κ1) is 9.86. The van der Waals surface area contributed by atoms with Gasteiger partial charge in [0.2, 0.25) is 0 Å². The molecule has 0 bridgehead atoms. The topological polar surface area (TPSA) is 49.7 Å². The zero-order valence-corrected chi connectivity index (χ0v) is 8.03. The van der Waals surface area contributed by atoms with Crippen LogP contribution in [0, 0.1) is 0 Å². The van der Waals surface area contributed by atoms with Crippen LogP contribution >= 0.6 is 0 Å². The van der Waals surface area contributed by atoms with Gasteiger partial charge < -0.3 is 14.9 Å². The van der Waals surface area contributed by atoms with Crippen molar-refractivity contribution >= 4 is 0 Å². The Morgan fingerprint density at radius 2 is 1.92 bits per heavy atom. The maximum Gasteiger partial charge on any atom is 0.160 e. The van der Waals surface area contributed by atoms with Crippen LogP contribution in [0.5, 0.6) is 11.5 Å². The molecule has 0 aliphatic carbocycles. The van der Waals surface area contributed by atoms with E-state index >= 15 is 0 Å². The van der Waals surface area contributed by atoms with Gasteiger partial charge in [0.1, 0.15) is 0 Å². The average Bonchev–Trinajstić information content (AvgIpc) is 2.02. The third-order valence-corrected chi connectivity index (χ3v) is 1.89. The van der Waals surface area contributed by atoms with E-state index in [1.165, 1.54) is 13.2 Å². The molecule has 1 rings (SSSR count). The quantitative estimate of drug-likeness (QED) is 0.730. The molecule has 0 unspecified atom stereocenters. The van der Waals surface area contributed by atoms with Crippen LogP contribution in [0.2, 0.25) is 0 Å². The third-order valence-electron chi connectivity index (χ3n) is 1.89. The van der Waals surface area contributed by atoms with Gasteiger partial charge in [0, 0.05) is 0 Å². The molecule has 0 saturated carbocycles. The fraction of sp³-hybridized carbons (Fsp3) is 0.400. The second kappa shape index (κ2) is 3.26. The summed E-state index contributed by atoms with van der Waals surface area (Å²) in [6.07, 6.45) is 0. The van der Waals surface area contributed by atoms with E-state index in [9.17, 15) is 10.2 Å². The van der Waals surface area contributed by atoms with Crippen molar-refractivity contribution in [3.05, 3.63) is 23.8 Å². The Balaban J connectivity index is 3.10. The Hall–Kier alpha value is -1.22. The Morgan fingerprint density at radius 3 is 2.31 bits per heavy atom. The van der Waals surface area contributed by atoms with E-state index in [1.54, 1.807) is 26.0 Å². The van der Waals surface area contributed by atoms with Crippen molar-refractivity contribution < 1.29 is 14.9 Å². The van der Waals surface area contributed by atoms with Crippen molar-refractivity contribution in [2.24, 2.45) is 0 Å². The van der Waals surface area contributed by atoms with Crippen LogP contribution < -0.4 is 4.74 Å². The van der Waals surface area contributed by atoms with Gasteiger partial charge >= 0.3 is 0 Å². The first-order chi connectivity index (χ1) is 5.95. The van der Waals surface area contributed by atoms with Crippen LogP contribution in [0.15, 0.2) is 18.2 Å². The Bertz CT molecular complexity index is 300. The standard InChI is InChI=1S/C10H14O3/c1-10(2,12)7-4-5-9(13-3)8(11)6-7/h4-6,11-12H,1-3H3. The molecule has 0 atom stereocenters. The molecule has 1 aromatic rings. The van der Waals surface area contributed by atoms with Crippen molar-refractivity contribution in [2.45, 2.75) is 19.4 Å². The van der Waals surface area contributed by atoms with Gasteiger partial charge in [0.05, 0.1) is 12.7 Å². The number of benzene rings is 1. The van der Waals surface area contributed by atoms with Gasteiger partial charge in [0.15, 0.2) is 11.5 Å². The molecular formula is C10H14O3. The summed E-state index contributed by atoms with van der Waals surface area (Å²) in [4.78, 5) is 0. The molecular weight excluding hydrogens is 168 g/mol. The third kappa shape index (κ3) is 2.12. The van der Waals surface area contributed by atoms with E-state index in [4.69, 9.17) is 4.74 Å². The summed E-state index contributed by atoms with van der Waals surface area (Å²) in [5.41, 5.74) is -0.283. The van der Waals surface area contributed by atoms with E-state index < -0.39 is 5.60 Å². The van der Waals surface area contributed by atoms with Gasteiger partial charge in [-0.25, -0.2) is 0 Å². The van der Waals surface area contributed by atoms with E-state index in [1.807, 2.05) is 0 Å². The SMILES string of the molecule is COc1ccc(C(C)(C)O)cc1O. The largest absolute Gasteiger partial charge is 0.504 e. The predicted octanol–water partition coefficient (Wildman–Crippen LogP) is 1.63. The molecule has 72 valence electrons. The predicted molar refractivity (Wildman–Crippen MR) is 49.9 cm³/mol. The highest BCUT2D eigenvalue weighted by atomic mass is 16.5. The molecule has 0 aromatic heterocycles. The molecule has 0 radical (unpaired) electrons. The molecule has 1 aromatic carbocycles. The molecule has 0 aliphatic heterocycles. The first-order valence-electron chi connectivity index (χ1n) is 4.05. The number of phenolic OH excluding ortho intramolecular Hbond substituents is 1. The summed E-state index contributed by atoms with van der Waals surface area (Å²) >= 11 is 0. The summed E-state index contributed by atoms with van der Waals surface area (Å²) in [6.45, 7) is 3.32. The van der Waals surface area contributed by atoms with E-state index in [0.717, 1.165) is 0 Å². The second-order valence-corrected chi connectivity index (χ2v) is 3.45. The highest BCUT2D eigenvalue weighted by molar-refractivity contribution is 5.43. The highest BCUT2D eigenvalue weighted by Gasteiger charge is 2.17. The Kier molecular flexibility index (Phi) is 2.48. The second-order valence-electron chi connectivity index (χ2n) is 3.45. The van der Waals surface area contributed by atoms with Crippen LogP contribution in [0.1, 0.15) is 19.4 Å². The molecule has 13 heavy (non-hydrogen) atoms. The fourth-order valence-corrected chi connectivity index (χ4v) is 1.07. The van der Waals surface area contributed by atoms with Crippen molar-refractivity contribution in [3.8, 4) is 11.5 Å². The van der Waals surface area contributed by atoms with Crippen LogP contribution in [0.3, 0.4) is 0 Å². The van der Waals surface area contributed by atoms with Gasteiger partial charge in [0.25, 0.3) is 0 Å². The molecule has 0 aliphatic rings. The molecule has 0 spiro atoms. The highest BCUT2D eigenvalue weighted by Crippen LogP contribution is 2.30. The molecule has 0 amide bonds. The number of methoxy groups -OCH3 is 1. The fourth-order valence-electron chi connectivity index (χ4n) is 1.07. The van der Waals surface area contributed by atoms with Crippen LogP contribution in [-0.2, 0) is 5.60 Å². The summed E-state index contributed by atoms with van der Waals surface area (Å²) in [6, 6.07) is 4.85. The maximum absolute atomic E-state index is 9.63. The minimum atomic E-state index is -0.941. The van der Waals surface area contributed by atoms with Crippen molar-refractivity contribution in [1.29, 1.82) is 0 Å². The van der Waals surface area contributed by atoms with Gasteiger partial charge in [-0.1, -0.05) is 6.07 Å². The number of hydrogen-bond donors (Lipinski definition) is 2. The number of rotatable bonds is 2. The van der Waals surface area contributed by atoms with Crippen LogP contribution in [-0.4, -0.2) is 17.3 Å². The molecule has 2 N–H and O–H groups in total. The maximum atomic E-state index is 9.63. The van der Waals surface area contributed by atoms with Gasteiger partial charge in [-0.15, -0.1) is 0 Å². The monoisotopic (exact) mass is 182 g/mol. The Morgan fingerprint density at radius 1 is 1.31 bits per heavy atom. The van der Waals surface area contributed by atoms with Gasteiger partial charge in [-0.05, 0) is 31.5 Å². The summed E-state index contributed by atoms with van der Waals surface area (Å²) < 4.78 is 4.88. The Labute approximate surface area is 77.6 Å². The minimum absolute atomic E-state index is 0.0436. The van der Waals surface area contributed by atoms with E-state index in [2.05, 4.69) is 0 Å². The van der Waals surface area contributed by atoms with Crippen molar-refractivity contribution in [2.75, 3.05) is 7.11 Å². The van der Waals surface area contributed by atoms with Gasteiger partial charge in [-0.2, -0.15) is 0 Å². The van der Waals surface area contributed by atoms with Crippen molar-refractivity contribution in [1.82, 2.24) is 0 Å². The summed E-state index contributed by atoms with van der Waals surface area (Å²) in [5.74, 6) is 0.454. The average molecular weight is 182 g/mol. The lowest BCUT2D eigenvalue weighted by Gasteiger charge is -2.18. The normalized spacial score (nSPS) is 11.4. The van der Waals surface area contributed by atoms with Crippen molar-refractivity contribution in [3.63, 3.8) is 0 Å². The zero-order valence-electron chi connectivity index (χ0n) is 8.03. The summed E-state index contributed by atoms with van der Waals surface area (Å²) in [5, 5.41) is 19.0. The molecule has 0 saturated heterocycles. The van der Waals surface area contributed by atoms with E-state index in [-0.39, 0.29) is 5.75 Å². The number of ether oxygens (including phenoxy) is 1. The van der Waals surface area contributed by atoms with Crippen LogP contribution in [0.4, 0.5) is 0 Å². The zero-order chi connectivity index (χ0) is 10.1. The minimum Gasteiger partial charge on any atom is -0.504 e. The van der Waals surface area contributed by atoms with Crippen LogP contribution in [0.25, 0.3) is 0 Å². The number of phenols is 1. The number of hydrogen-bond acceptors (Lipinski definition) is 3. The molecule has 0 heterocycles. The smallest absolute Gasteiger partial charge is 0.160 e. The molecule has 0 fully saturated rings. The summed E-state index contributed by atoms with van der Waals surface area (Å²) in [7, 11) is 1.48. The lowest BCUT2D eigenvalue weighted by molar-refractivity contribution is 0.0782. The molecule has 3 nitrogen and oxygen atoms in total. The van der Waals surface area contributed by atoms with E-state index in [0.29, 0.717) is 11.3 Å². The number of aliphatic hydroxyl groups is 1. The lowest BCUT2D eigenvalue weighted by atomic mass is 9.98. The van der Waals surface area contributed by atoms with Gasteiger partial charge in [-0.3, -0.25) is 0 Å².